The number of rotatable bonds is 9. The Balaban J connectivity index is 1.40. The highest BCUT2D eigenvalue weighted by atomic mass is 35.5. The van der Waals surface area contributed by atoms with Crippen LogP contribution in [0.5, 0.6) is 0 Å². The molecule has 0 bridgehead atoms. The minimum absolute atomic E-state index is 0.00275. The Morgan fingerprint density at radius 1 is 1.07 bits per heavy atom. The molecule has 0 aliphatic heterocycles. The SMILES string of the molecule is CC(C)n1cc(-c2ccc(-c3ccc(Cl)c4c(N)nn(C)c34)c([C@H](Cc3cc(F)cc(F)c3)NC(=O)Cn3nc(C(F)(F)F)c4c3C(F)(F)C[C@@H]4C)n2)cn1. The van der Waals surface area contributed by atoms with Crippen molar-refractivity contribution in [1.29, 1.82) is 0 Å². The standard InChI is InChI=1S/C37H33ClF7N9O/c1-17(2)53-15-20(14-47-53)26-8-6-23(24-5-7-25(38)30-32(24)52(4)51-35(30)46)31(49-26)27(11-19-9-21(39)12-22(40)10-19)48-28(55)16-54-34-29(18(3)13-36(34,41)42)33(50-54)37(43,44)45/h5-10,12,14-15,17-18,27H,11,13,16H2,1-4H3,(H2,46,51)(H,48,55)/t18-,27-/m0/s1. The molecule has 0 spiro atoms. The third-order valence-electron chi connectivity index (χ3n) is 9.59. The average molecular weight is 788 g/mol. The summed E-state index contributed by atoms with van der Waals surface area (Å²) in [5.41, 5.74) is 5.63. The van der Waals surface area contributed by atoms with Crippen molar-refractivity contribution >= 4 is 34.2 Å². The second kappa shape index (κ2) is 13.7. The van der Waals surface area contributed by atoms with Crippen molar-refractivity contribution in [3.05, 3.63) is 99.7 Å². The molecule has 0 saturated carbocycles. The number of hydrogen-bond acceptors (Lipinski definition) is 6. The molecule has 6 aromatic rings. The van der Waals surface area contributed by atoms with E-state index in [1.165, 1.54) is 11.6 Å². The topological polar surface area (TPSA) is 121 Å². The number of nitrogens with two attached hydrogens (primary N) is 1. The van der Waals surface area contributed by atoms with E-state index in [-0.39, 0.29) is 29.5 Å². The van der Waals surface area contributed by atoms with Crippen LogP contribution in [0.3, 0.4) is 0 Å². The number of anilines is 1. The summed E-state index contributed by atoms with van der Waals surface area (Å²) in [7, 11) is 1.64. The number of benzene rings is 2. The summed E-state index contributed by atoms with van der Waals surface area (Å²) >= 11 is 6.53. The number of nitrogens with one attached hydrogen (secondary N) is 1. The minimum atomic E-state index is -5.06. The van der Waals surface area contributed by atoms with Crippen LogP contribution in [-0.4, -0.2) is 40.2 Å². The minimum Gasteiger partial charge on any atom is -0.382 e. The van der Waals surface area contributed by atoms with E-state index in [1.54, 1.807) is 48.4 Å². The first kappa shape index (κ1) is 37.8. The highest BCUT2D eigenvalue weighted by Gasteiger charge is 2.53. The third-order valence-corrected chi connectivity index (χ3v) is 9.90. The van der Waals surface area contributed by atoms with Crippen LogP contribution < -0.4 is 11.1 Å². The van der Waals surface area contributed by atoms with Gasteiger partial charge in [-0.05, 0) is 56.0 Å². The zero-order chi connectivity index (χ0) is 39.7. The van der Waals surface area contributed by atoms with Crippen LogP contribution in [0.2, 0.25) is 5.02 Å². The van der Waals surface area contributed by atoms with Gasteiger partial charge in [-0.1, -0.05) is 30.7 Å². The fraction of sp³-hybridized carbons (Fsp3) is 0.324. The van der Waals surface area contributed by atoms with Gasteiger partial charge in [-0.25, -0.2) is 13.8 Å². The number of pyridine rings is 1. The van der Waals surface area contributed by atoms with E-state index in [4.69, 9.17) is 22.3 Å². The van der Waals surface area contributed by atoms with Crippen molar-refractivity contribution in [2.45, 2.75) is 70.3 Å². The van der Waals surface area contributed by atoms with Crippen molar-refractivity contribution < 1.29 is 35.5 Å². The summed E-state index contributed by atoms with van der Waals surface area (Å²) in [6.45, 7) is 4.06. The predicted octanol–water partition coefficient (Wildman–Crippen LogP) is 8.51. The van der Waals surface area contributed by atoms with Gasteiger partial charge < -0.3 is 11.1 Å². The Labute approximate surface area is 314 Å². The number of fused-ring (bicyclic) bond motifs is 2. The van der Waals surface area contributed by atoms with Crippen LogP contribution in [0.15, 0.2) is 54.9 Å². The Morgan fingerprint density at radius 3 is 2.42 bits per heavy atom. The summed E-state index contributed by atoms with van der Waals surface area (Å²) in [6.07, 6.45) is -2.91. The highest BCUT2D eigenvalue weighted by Crippen LogP contribution is 2.52. The Bertz CT molecular complexity index is 2450. The molecule has 4 aromatic heterocycles. The fourth-order valence-corrected chi connectivity index (χ4v) is 7.55. The molecular formula is C37H33ClF7N9O. The normalized spacial score (nSPS) is 15.9. The Morgan fingerprint density at radius 2 is 1.76 bits per heavy atom. The molecule has 55 heavy (non-hydrogen) atoms. The van der Waals surface area contributed by atoms with Gasteiger partial charge in [0, 0.05) is 54.0 Å². The van der Waals surface area contributed by atoms with Gasteiger partial charge in [0.05, 0.1) is 39.6 Å². The number of carbonyl (C=O) groups is 1. The molecule has 1 aliphatic rings. The van der Waals surface area contributed by atoms with Crippen LogP contribution in [-0.2, 0) is 36.9 Å². The van der Waals surface area contributed by atoms with Crippen LogP contribution in [0, 0.1) is 11.6 Å². The van der Waals surface area contributed by atoms with Gasteiger partial charge in [0.1, 0.15) is 23.9 Å². The number of nitrogens with zero attached hydrogens (tertiary/aromatic N) is 7. The molecule has 1 aliphatic carbocycles. The lowest BCUT2D eigenvalue weighted by Gasteiger charge is -2.23. The molecule has 0 saturated heterocycles. The molecule has 10 nitrogen and oxygen atoms in total. The van der Waals surface area contributed by atoms with E-state index in [1.807, 2.05) is 13.8 Å². The number of hydrogen-bond donors (Lipinski definition) is 2. The maximum absolute atomic E-state index is 15.2. The highest BCUT2D eigenvalue weighted by molar-refractivity contribution is 6.37. The van der Waals surface area contributed by atoms with Crippen molar-refractivity contribution in [3.63, 3.8) is 0 Å². The quantitative estimate of drug-likeness (QED) is 0.142. The summed E-state index contributed by atoms with van der Waals surface area (Å²) < 4.78 is 105. The molecule has 2 aromatic carbocycles. The number of alkyl halides is 5. The van der Waals surface area contributed by atoms with Gasteiger partial charge in [0.15, 0.2) is 11.5 Å². The molecule has 4 heterocycles. The van der Waals surface area contributed by atoms with E-state index in [2.05, 4.69) is 20.6 Å². The summed E-state index contributed by atoms with van der Waals surface area (Å²) in [4.78, 5) is 18.9. The third kappa shape index (κ3) is 7.00. The lowest BCUT2D eigenvalue weighted by Crippen LogP contribution is -2.35. The van der Waals surface area contributed by atoms with Crippen LogP contribution in [0.4, 0.5) is 36.6 Å². The first-order chi connectivity index (χ1) is 25.8. The van der Waals surface area contributed by atoms with E-state index < -0.39 is 71.5 Å². The van der Waals surface area contributed by atoms with Gasteiger partial charge in [-0.2, -0.15) is 37.2 Å². The van der Waals surface area contributed by atoms with E-state index in [9.17, 15) is 26.7 Å². The molecule has 288 valence electrons. The molecule has 1 amide bonds. The summed E-state index contributed by atoms with van der Waals surface area (Å²) in [5, 5.41) is 15.6. The molecule has 7 rings (SSSR count). The van der Waals surface area contributed by atoms with Crippen LogP contribution in [0.25, 0.3) is 33.3 Å². The van der Waals surface area contributed by atoms with Crippen LogP contribution in [0.1, 0.15) is 73.4 Å². The summed E-state index contributed by atoms with van der Waals surface area (Å²) in [5.74, 6) is -7.58. The number of carbonyl (C=O) groups excluding carboxylic acids is 1. The number of halogens is 8. The van der Waals surface area contributed by atoms with Gasteiger partial charge in [0.2, 0.25) is 5.91 Å². The van der Waals surface area contributed by atoms with Crippen molar-refractivity contribution in [3.8, 4) is 22.4 Å². The Hall–Kier alpha value is -5.45. The van der Waals surface area contributed by atoms with E-state index in [0.717, 1.165) is 12.1 Å². The number of nitrogen functional groups attached to an aromatic ring is 1. The van der Waals surface area contributed by atoms with Crippen LogP contribution >= 0.6 is 11.6 Å². The number of aromatic nitrogens is 7. The molecule has 2 atom stereocenters. The van der Waals surface area contributed by atoms with Crippen molar-refractivity contribution in [2.24, 2.45) is 7.05 Å². The zero-order valence-electron chi connectivity index (χ0n) is 29.7. The molecule has 0 radical (unpaired) electrons. The van der Waals surface area contributed by atoms with Gasteiger partial charge in [-0.3, -0.25) is 18.8 Å². The molecular weight excluding hydrogens is 755 g/mol. The lowest BCUT2D eigenvalue weighted by atomic mass is 9.93. The second-order valence-electron chi connectivity index (χ2n) is 13.9. The maximum Gasteiger partial charge on any atom is 0.435 e. The molecule has 0 fully saturated rings. The number of aryl methyl sites for hydroxylation is 1. The summed E-state index contributed by atoms with van der Waals surface area (Å²) in [6, 6.07) is 8.20. The monoisotopic (exact) mass is 787 g/mol. The zero-order valence-corrected chi connectivity index (χ0v) is 30.4. The lowest BCUT2D eigenvalue weighted by molar-refractivity contribution is -0.142. The Kier molecular flexibility index (Phi) is 9.42. The average Bonchev–Trinajstić information content (AvgIpc) is 3.84. The van der Waals surface area contributed by atoms with E-state index >= 15 is 8.78 Å². The second-order valence-corrected chi connectivity index (χ2v) is 14.3. The van der Waals surface area contributed by atoms with Gasteiger partial charge >= 0.3 is 6.18 Å². The van der Waals surface area contributed by atoms with E-state index in [0.29, 0.717) is 49.1 Å². The van der Waals surface area contributed by atoms with Crippen molar-refractivity contribution in [1.82, 2.24) is 39.6 Å². The predicted molar refractivity (Wildman–Crippen MR) is 190 cm³/mol. The first-order valence-electron chi connectivity index (χ1n) is 17.1. The van der Waals surface area contributed by atoms with Gasteiger partial charge in [0.25, 0.3) is 5.92 Å². The maximum atomic E-state index is 15.2. The molecule has 18 heteroatoms. The smallest absolute Gasteiger partial charge is 0.382 e. The first-order valence-corrected chi connectivity index (χ1v) is 17.5. The molecule has 0 unspecified atom stereocenters. The van der Waals surface area contributed by atoms with Gasteiger partial charge in [-0.15, -0.1) is 0 Å². The largest absolute Gasteiger partial charge is 0.435 e. The number of amides is 1. The van der Waals surface area contributed by atoms with Crippen molar-refractivity contribution in [2.75, 3.05) is 5.73 Å². The molecule has 3 N–H and O–H groups in total. The fourth-order valence-electron chi connectivity index (χ4n) is 7.30.